The molecule has 162 valence electrons. The van der Waals surface area contributed by atoms with Crippen molar-refractivity contribution >= 4 is 40.8 Å². The van der Waals surface area contributed by atoms with Gasteiger partial charge in [0.05, 0.1) is 18.9 Å². The van der Waals surface area contributed by atoms with Crippen molar-refractivity contribution in [2.75, 3.05) is 26.2 Å². The number of rotatable bonds is 8. The van der Waals surface area contributed by atoms with Crippen LogP contribution in [-0.2, 0) is 17.6 Å². The molecule has 1 unspecified atom stereocenters. The van der Waals surface area contributed by atoms with E-state index in [1.54, 1.807) is 6.26 Å². The van der Waals surface area contributed by atoms with Gasteiger partial charge >= 0.3 is 0 Å². The van der Waals surface area contributed by atoms with Crippen LogP contribution in [0.4, 0.5) is 0 Å². The van der Waals surface area contributed by atoms with Gasteiger partial charge in [-0.3, -0.25) is 4.99 Å². The normalized spacial score (nSPS) is 16.6. The highest BCUT2D eigenvalue weighted by molar-refractivity contribution is 14.0. The van der Waals surface area contributed by atoms with Crippen LogP contribution in [0.5, 0.6) is 0 Å². The Morgan fingerprint density at radius 1 is 1.17 bits per heavy atom. The van der Waals surface area contributed by atoms with Gasteiger partial charge in [-0.15, -0.1) is 24.0 Å². The maximum Gasteiger partial charge on any atom is 0.191 e. The fourth-order valence-corrected chi connectivity index (χ4v) is 3.80. The average molecular weight is 522 g/mol. The SMILES string of the molecule is Cc1cccc2c(CCNC(=NCC3CCCO3)NCCc3ccco3)c[nH]c12.I. The molecule has 1 fully saturated rings. The number of aromatic amines is 1. The molecule has 1 saturated heterocycles. The molecule has 1 atom stereocenters. The standard InChI is InChI=1S/C23H30N4O2.HI/c1-17-5-2-8-21-18(15-26-22(17)21)9-11-24-23(27-16-20-7-4-14-29-20)25-12-10-19-6-3-13-28-19;/h2-3,5-6,8,13,15,20,26H,4,7,9-12,14,16H2,1H3,(H2,24,25,27);1H. The first kappa shape index (κ1) is 22.7. The van der Waals surface area contributed by atoms with E-state index in [0.717, 1.165) is 57.1 Å². The van der Waals surface area contributed by atoms with Gasteiger partial charge in [0, 0.05) is 43.2 Å². The van der Waals surface area contributed by atoms with Gasteiger partial charge in [-0.2, -0.15) is 0 Å². The summed E-state index contributed by atoms with van der Waals surface area (Å²) in [5.41, 5.74) is 3.83. The van der Waals surface area contributed by atoms with E-state index in [1.807, 2.05) is 12.1 Å². The number of halogens is 1. The van der Waals surface area contributed by atoms with Crippen molar-refractivity contribution in [3.05, 3.63) is 59.7 Å². The largest absolute Gasteiger partial charge is 0.469 e. The molecular weight excluding hydrogens is 491 g/mol. The van der Waals surface area contributed by atoms with Crippen LogP contribution in [0.15, 0.2) is 52.2 Å². The van der Waals surface area contributed by atoms with E-state index >= 15 is 0 Å². The number of fused-ring (bicyclic) bond motifs is 1. The summed E-state index contributed by atoms with van der Waals surface area (Å²) in [4.78, 5) is 8.16. The van der Waals surface area contributed by atoms with Crippen LogP contribution in [0.3, 0.4) is 0 Å². The Labute approximate surface area is 194 Å². The topological polar surface area (TPSA) is 74.6 Å². The Balaban J connectivity index is 0.00000256. The molecular formula is C23H31IN4O2. The van der Waals surface area contributed by atoms with Crippen LogP contribution in [0.1, 0.15) is 29.7 Å². The van der Waals surface area contributed by atoms with Crippen LogP contribution >= 0.6 is 24.0 Å². The second-order valence-electron chi connectivity index (χ2n) is 7.57. The van der Waals surface area contributed by atoms with E-state index in [1.165, 1.54) is 22.0 Å². The van der Waals surface area contributed by atoms with E-state index in [2.05, 4.69) is 46.9 Å². The molecule has 2 aromatic heterocycles. The highest BCUT2D eigenvalue weighted by Crippen LogP contribution is 2.21. The number of nitrogens with one attached hydrogen (secondary N) is 3. The van der Waals surface area contributed by atoms with Gasteiger partial charge in [0.2, 0.25) is 0 Å². The fourth-order valence-electron chi connectivity index (χ4n) is 3.80. The Bertz CT molecular complexity index is 930. The summed E-state index contributed by atoms with van der Waals surface area (Å²) < 4.78 is 11.1. The van der Waals surface area contributed by atoms with Gasteiger partial charge in [-0.1, -0.05) is 18.2 Å². The summed E-state index contributed by atoms with van der Waals surface area (Å²) in [6.45, 7) is 5.28. The number of hydrogen-bond donors (Lipinski definition) is 3. The first-order valence-electron chi connectivity index (χ1n) is 10.5. The second-order valence-corrected chi connectivity index (χ2v) is 7.57. The summed E-state index contributed by atoms with van der Waals surface area (Å²) in [6.07, 6.45) is 8.07. The zero-order valence-corrected chi connectivity index (χ0v) is 19.8. The lowest BCUT2D eigenvalue weighted by Crippen LogP contribution is -2.40. The first-order valence-corrected chi connectivity index (χ1v) is 10.5. The Kier molecular flexibility index (Phi) is 8.62. The number of hydrogen-bond acceptors (Lipinski definition) is 3. The predicted molar refractivity (Wildman–Crippen MR) is 132 cm³/mol. The minimum atomic E-state index is 0. The van der Waals surface area contributed by atoms with Gasteiger partial charge in [0.1, 0.15) is 5.76 Å². The number of H-pyrrole nitrogens is 1. The zero-order chi connectivity index (χ0) is 19.9. The highest BCUT2D eigenvalue weighted by atomic mass is 127. The smallest absolute Gasteiger partial charge is 0.191 e. The molecule has 1 aliphatic heterocycles. The average Bonchev–Trinajstić information content (AvgIpc) is 3.48. The molecule has 0 bridgehead atoms. The van der Waals surface area contributed by atoms with E-state index in [4.69, 9.17) is 14.1 Å². The van der Waals surface area contributed by atoms with Crippen molar-refractivity contribution < 1.29 is 9.15 Å². The number of ether oxygens (including phenoxy) is 1. The van der Waals surface area contributed by atoms with Crippen LogP contribution < -0.4 is 10.6 Å². The molecule has 0 amide bonds. The number of aliphatic imine (C=N–C) groups is 1. The Hall–Kier alpha value is -2.00. The van der Waals surface area contributed by atoms with Crippen LogP contribution in [0.2, 0.25) is 0 Å². The molecule has 1 aromatic carbocycles. The number of nitrogens with zero attached hydrogens (tertiary/aromatic N) is 1. The van der Waals surface area contributed by atoms with Gasteiger partial charge in [-0.25, -0.2) is 0 Å². The van der Waals surface area contributed by atoms with Gasteiger partial charge in [0.25, 0.3) is 0 Å². The third-order valence-electron chi connectivity index (χ3n) is 5.42. The summed E-state index contributed by atoms with van der Waals surface area (Å²) in [5, 5.41) is 8.21. The van der Waals surface area contributed by atoms with Gasteiger partial charge < -0.3 is 24.8 Å². The molecule has 1 aliphatic rings. The van der Waals surface area contributed by atoms with Crippen molar-refractivity contribution in [1.29, 1.82) is 0 Å². The molecule has 6 nitrogen and oxygen atoms in total. The number of guanidine groups is 1. The minimum absolute atomic E-state index is 0. The number of aromatic nitrogens is 1. The molecule has 30 heavy (non-hydrogen) atoms. The van der Waals surface area contributed by atoms with Crippen molar-refractivity contribution in [3.63, 3.8) is 0 Å². The Morgan fingerprint density at radius 2 is 2.03 bits per heavy atom. The lowest BCUT2D eigenvalue weighted by atomic mass is 10.1. The maximum absolute atomic E-state index is 5.71. The lowest BCUT2D eigenvalue weighted by molar-refractivity contribution is 0.117. The molecule has 3 heterocycles. The molecule has 0 aliphatic carbocycles. The van der Waals surface area contributed by atoms with Crippen LogP contribution in [-0.4, -0.2) is 43.3 Å². The lowest BCUT2D eigenvalue weighted by Gasteiger charge is -2.13. The third-order valence-corrected chi connectivity index (χ3v) is 5.42. The van der Waals surface area contributed by atoms with Crippen molar-refractivity contribution in [2.45, 2.75) is 38.7 Å². The summed E-state index contributed by atoms with van der Waals surface area (Å²) in [6, 6.07) is 10.4. The Morgan fingerprint density at radius 3 is 2.80 bits per heavy atom. The second kappa shape index (κ2) is 11.4. The van der Waals surface area contributed by atoms with Gasteiger partial charge in [-0.05, 0) is 49.4 Å². The molecule has 4 rings (SSSR count). The first-order chi connectivity index (χ1) is 14.3. The van der Waals surface area contributed by atoms with Crippen molar-refractivity contribution in [3.8, 4) is 0 Å². The van der Waals surface area contributed by atoms with Crippen molar-refractivity contribution in [1.82, 2.24) is 15.6 Å². The van der Waals surface area contributed by atoms with Crippen molar-refractivity contribution in [2.24, 2.45) is 4.99 Å². The van der Waals surface area contributed by atoms with Crippen LogP contribution in [0.25, 0.3) is 10.9 Å². The van der Waals surface area contributed by atoms with Gasteiger partial charge in [0.15, 0.2) is 5.96 Å². The maximum atomic E-state index is 5.71. The molecule has 3 aromatic rings. The zero-order valence-electron chi connectivity index (χ0n) is 17.4. The third kappa shape index (κ3) is 6.01. The van der Waals surface area contributed by atoms with Crippen LogP contribution in [0, 0.1) is 6.92 Å². The number of benzene rings is 1. The highest BCUT2D eigenvalue weighted by Gasteiger charge is 2.15. The molecule has 0 spiro atoms. The molecule has 7 heteroatoms. The quantitative estimate of drug-likeness (QED) is 0.236. The molecule has 0 radical (unpaired) electrons. The number of para-hydroxylation sites is 1. The summed E-state index contributed by atoms with van der Waals surface area (Å²) in [5.74, 6) is 1.81. The summed E-state index contributed by atoms with van der Waals surface area (Å²) in [7, 11) is 0. The number of furan rings is 1. The molecule has 3 N–H and O–H groups in total. The summed E-state index contributed by atoms with van der Waals surface area (Å²) >= 11 is 0. The predicted octanol–water partition coefficient (Wildman–Crippen LogP) is 4.19. The van der Waals surface area contributed by atoms with E-state index in [9.17, 15) is 0 Å². The van der Waals surface area contributed by atoms with E-state index in [-0.39, 0.29) is 30.1 Å². The van der Waals surface area contributed by atoms with E-state index < -0.39 is 0 Å². The molecule has 0 saturated carbocycles. The fraction of sp³-hybridized carbons (Fsp3) is 0.435. The minimum Gasteiger partial charge on any atom is -0.469 e. The monoisotopic (exact) mass is 522 g/mol. The number of aryl methyl sites for hydroxylation is 1. The van der Waals surface area contributed by atoms with E-state index in [0.29, 0.717) is 6.54 Å².